The van der Waals surface area contributed by atoms with Crippen LogP contribution in [0.3, 0.4) is 0 Å². The van der Waals surface area contributed by atoms with Gasteiger partial charge in [0.2, 0.25) is 0 Å². The summed E-state index contributed by atoms with van der Waals surface area (Å²) in [6.07, 6.45) is 6.04. The molecule has 1 N–H and O–H groups in total. The number of amides is 1. The predicted octanol–water partition coefficient (Wildman–Crippen LogP) is 2.35. The Balaban J connectivity index is 1.64. The summed E-state index contributed by atoms with van der Waals surface area (Å²) < 4.78 is 1.71. The Morgan fingerprint density at radius 3 is 2.86 bits per heavy atom. The molecule has 116 valence electrons. The van der Waals surface area contributed by atoms with Crippen LogP contribution in [-0.4, -0.2) is 46.8 Å². The SMILES string of the molecule is O=C(NCCN1CCCC1)c1cc(-n2cccn2)ccc1Cl. The van der Waals surface area contributed by atoms with E-state index in [9.17, 15) is 4.79 Å². The largest absolute Gasteiger partial charge is 0.351 e. The first-order valence-electron chi connectivity index (χ1n) is 7.54. The van der Waals surface area contributed by atoms with Crippen LogP contribution in [0.5, 0.6) is 0 Å². The Morgan fingerprint density at radius 2 is 2.14 bits per heavy atom. The second-order valence-corrected chi connectivity index (χ2v) is 5.83. The van der Waals surface area contributed by atoms with E-state index in [1.807, 2.05) is 18.3 Å². The Labute approximate surface area is 134 Å². The Morgan fingerprint density at radius 1 is 1.32 bits per heavy atom. The molecule has 0 spiro atoms. The summed E-state index contributed by atoms with van der Waals surface area (Å²) in [5.74, 6) is -0.141. The maximum atomic E-state index is 12.3. The molecule has 5 nitrogen and oxygen atoms in total. The zero-order valence-corrected chi connectivity index (χ0v) is 13.1. The Hall–Kier alpha value is -1.85. The van der Waals surface area contributed by atoms with Crippen LogP contribution < -0.4 is 5.32 Å². The van der Waals surface area contributed by atoms with Crippen LogP contribution in [0.25, 0.3) is 5.69 Å². The van der Waals surface area contributed by atoms with E-state index in [1.54, 1.807) is 23.0 Å². The molecular weight excluding hydrogens is 300 g/mol. The average molecular weight is 319 g/mol. The second-order valence-electron chi connectivity index (χ2n) is 5.42. The maximum Gasteiger partial charge on any atom is 0.252 e. The summed E-state index contributed by atoms with van der Waals surface area (Å²) >= 11 is 6.16. The van der Waals surface area contributed by atoms with Gasteiger partial charge in [-0.05, 0) is 50.2 Å². The minimum Gasteiger partial charge on any atom is -0.351 e. The summed E-state index contributed by atoms with van der Waals surface area (Å²) in [6.45, 7) is 3.79. The second kappa shape index (κ2) is 6.94. The number of nitrogens with one attached hydrogen (secondary N) is 1. The van der Waals surface area contributed by atoms with Gasteiger partial charge < -0.3 is 10.2 Å². The van der Waals surface area contributed by atoms with Gasteiger partial charge >= 0.3 is 0 Å². The van der Waals surface area contributed by atoms with Crippen molar-refractivity contribution >= 4 is 17.5 Å². The number of aromatic nitrogens is 2. The predicted molar refractivity (Wildman–Crippen MR) is 86.6 cm³/mol. The number of benzene rings is 1. The number of halogens is 1. The zero-order valence-electron chi connectivity index (χ0n) is 12.3. The molecule has 0 atom stereocenters. The number of carbonyl (C=O) groups is 1. The van der Waals surface area contributed by atoms with Crippen LogP contribution >= 0.6 is 11.6 Å². The third kappa shape index (κ3) is 3.48. The summed E-state index contributed by atoms with van der Waals surface area (Å²) in [6, 6.07) is 7.18. The molecule has 0 aliphatic carbocycles. The lowest BCUT2D eigenvalue weighted by molar-refractivity contribution is 0.0950. The molecule has 6 heteroatoms. The molecule has 1 aliphatic rings. The molecule has 1 aromatic carbocycles. The van der Waals surface area contributed by atoms with Crippen LogP contribution in [-0.2, 0) is 0 Å². The smallest absolute Gasteiger partial charge is 0.252 e. The number of rotatable bonds is 5. The topological polar surface area (TPSA) is 50.2 Å². The molecule has 3 rings (SSSR count). The van der Waals surface area contributed by atoms with Crippen molar-refractivity contribution in [1.82, 2.24) is 20.0 Å². The van der Waals surface area contributed by atoms with Crippen molar-refractivity contribution in [3.8, 4) is 5.69 Å². The fourth-order valence-electron chi connectivity index (χ4n) is 2.68. The average Bonchev–Trinajstić information content (AvgIpc) is 3.21. The van der Waals surface area contributed by atoms with Crippen molar-refractivity contribution in [2.45, 2.75) is 12.8 Å². The van der Waals surface area contributed by atoms with E-state index in [2.05, 4.69) is 15.3 Å². The Bertz CT molecular complexity index is 636. The first-order chi connectivity index (χ1) is 10.7. The molecule has 2 heterocycles. The summed E-state index contributed by atoms with van der Waals surface area (Å²) in [5.41, 5.74) is 1.30. The molecular formula is C16H19ClN4O. The molecule has 1 aliphatic heterocycles. The number of hydrogen-bond acceptors (Lipinski definition) is 3. The van der Waals surface area contributed by atoms with Crippen molar-refractivity contribution in [3.05, 3.63) is 47.2 Å². The third-order valence-corrected chi connectivity index (χ3v) is 4.21. The molecule has 0 saturated carbocycles. The number of carbonyl (C=O) groups excluding carboxylic acids is 1. The fraction of sp³-hybridized carbons (Fsp3) is 0.375. The first kappa shape index (κ1) is 15.1. The lowest BCUT2D eigenvalue weighted by Crippen LogP contribution is -2.33. The van der Waals surface area contributed by atoms with Crippen molar-refractivity contribution < 1.29 is 4.79 Å². The van der Waals surface area contributed by atoms with E-state index in [4.69, 9.17) is 11.6 Å². The monoisotopic (exact) mass is 318 g/mol. The van der Waals surface area contributed by atoms with Crippen LogP contribution in [0.4, 0.5) is 0 Å². The van der Waals surface area contributed by atoms with Crippen molar-refractivity contribution in [3.63, 3.8) is 0 Å². The standard InChI is InChI=1S/C16H19ClN4O/c17-15-5-4-13(21-10-3-6-19-21)12-14(15)16(22)18-7-11-20-8-1-2-9-20/h3-6,10,12H,1-2,7-9,11H2,(H,18,22). The van der Waals surface area contributed by atoms with Gasteiger partial charge in [-0.2, -0.15) is 5.10 Å². The van der Waals surface area contributed by atoms with Gasteiger partial charge in [0.25, 0.3) is 5.91 Å². The van der Waals surface area contributed by atoms with Gasteiger partial charge in [-0.15, -0.1) is 0 Å². The summed E-state index contributed by atoms with van der Waals surface area (Å²) in [4.78, 5) is 14.7. The fourth-order valence-corrected chi connectivity index (χ4v) is 2.88. The minimum atomic E-state index is -0.141. The summed E-state index contributed by atoms with van der Waals surface area (Å²) in [5, 5.41) is 7.56. The van der Waals surface area contributed by atoms with E-state index in [0.717, 1.165) is 25.3 Å². The van der Waals surface area contributed by atoms with Gasteiger partial charge in [0.15, 0.2) is 0 Å². The molecule has 1 fully saturated rings. The molecule has 0 bridgehead atoms. The normalized spacial score (nSPS) is 15.1. The van der Waals surface area contributed by atoms with Crippen molar-refractivity contribution in [1.29, 1.82) is 0 Å². The molecule has 2 aromatic rings. The van der Waals surface area contributed by atoms with E-state index < -0.39 is 0 Å². The van der Waals surface area contributed by atoms with Gasteiger partial charge in [0, 0.05) is 25.5 Å². The van der Waals surface area contributed by atoms with Crippen LogP contribution in [0.2, 0.25) is 5.02 Å². The van der Waals surface area contributed by atoms with E-state index >= 15 is 0 Å². The van der Waals surface area contributed by atoms with Gasteiger partial charge in [0.05, 0.1) is 16.3 Å². The van der Waals surface area contributed by atoms with Crippen LogP contribution in [0, 0.1) is 0 Å². The molecule has 1 saturated heterocycles. The number of nitrogens with zero attached hydrogens (tertiary/aromatic N) is 3. The maximum absolute atomic E-state index is 12.3. The quantitative estimate of drug-likeness (QED) is 0.920. The van der Waals surface area contributed by atoms with E-state index in [0.29, 0.717) is 17.1 Å². The van der Waals surface area contributed by atoms with E-state index in [-0.39, 0.29) is 5.91 Å². The Kier molecular flexibility index (Phi) is 4.75. The highest BCUT2D eigenvalue weighted by Gasteiger charge is 2.14. The lowest BCUT2D eigenvalue weighted by atomic mass is 10.2. The van der Waals surface area contributed by atoms with Gasteiger partial charge in [-0.1, -0.05) is 11.6 Å². The highest BCUT2D eigenvalue weighted by Crippen LogP contribution is 2.19. The highest BCUT2D eigenvalue weighted by atomic mass is 35.5. The molecule has 1 aromatic heterocycles. The van der Waals surface area contributed by atoms with Crippen LogP contribution in [0.1, 0.15) is 23.2 Å². The van der Waals surface area contributed by atoms with Gasteiger partial charge in [-0.3, -0.25) is 4.79 Å². The molecule has 1 amide bonds. The first-order valence-corrected chi connectivity index (χ1v) is 7.92. The van der Waals surface area contributed by atoms with Gasteiger partial charge in [-0.25, -0.2) is 4.68 Å². The lowest BCUT2D eigenvalue weighted by Gasteiger charge is -2.15. The molecule has 0 radical (unpaired) electrons. The third-order valence-electron chi connectivity index (χ3n) is 3.88. The minimum absolute atomic E-state index is 0.141. The highest BCUT2D eigenvalue weighted by molar-refractivity contribution is 6.33. The number of likely N-dealkylation sites (tertiary alicyclic amines) is 1. The van der Waals surface area contributed by atoms with Crippen molar-refractivity contribution in [2.24, 2.45) is 0 Å². The van der Waals surface area contributed by atoms with Crippen molar-refractivity contribution in [2.75, 3.05) is 26.2 Å². The number of hydrogen-bond donors (Lipinski definition) is 1. The zero-order chi connectivity index (χ0) is 15.4. The van der Waals surface area contributed by atoms with Gasteiger partial charge in [0.1, 0.15) is 0 Å². The van der Waals surface area contributed by atoms with Crippen LogP contribution in [0.15, 0.2) is 36.7 Å². The van der Waals surface area contributed by atoms with E-state index in [1.165, 1.54) is 12.8 Å². The molecule has 22 heavy (non-hydrogen) atoms. The summed E-state index contributed by atoms with van der Waals surface area (Å²) in [7, 11) is 0. The molecule has 0 unspecified atom stereocenters.